The van der Waals surface area contributed by atoms with Crippen molar-refractivity contribution in [3.63, 3.8) is 0 Å². The Bertz CT molecular complexity index is 504. The summed E-state index contributed by atoms with van der Waals surface area (Å²) in [4.78, 5) is 8.11. The van der Waals surface area contributed by atoms with E-state index in [-0.39, 0.29) is 0 Å². The molecular weight excluding hydrogens is 270 g/mol. The highest BCUT2D eigenvalue weighted by Gasteiger charge is 2.13. The van der Waals surface area contributed by atoms with Crippen LogP contribution in [0.25, 0.3) is 0 Å². The first-order chi connectivity index (χ1) is 9.74. The lowest BCUT2D eigenvalue weighted by Gasteiger charge is -2.15. The summed E-state index contributed by atoms with van der Waals surface area (Å²) in [5.41, 5.74) is 2.32. The van der Waals surface area contributed by atoms with Gasteiger partial charge in [-0.05, 0) is 12.6 Å². The molecule has 0 saturated carbocycles. The van der Waals surface area contributed by atoms with Crippen LogP contribution in [-0.4, -0.2) is 26.2 Å². The second-order valence-electron chi connectivity index (χ2n) is 4.67. The number of rotatable bonds is 7. The molecule has 1 aromatic heterocycles. The second-order valence-corrected chi connectivity index (χ2v) is 5.73. The molecule has 0 amide bonds. The summed E-state index contributed by atoms with van der Waals surface area (Å²) in [6.45, 7) is 2.25. The number of thiazole rings is 1. The van der Waals surface area contributed by atoms with E-state index in [0.717, 1.165) is 23.9 Å². The maximum absolute atomic E-state index is 5.22. The van der Waals surface area contributed by atoms with Crippen molar-refractivity contribution in [1.82, 2.24) is 10.3 Å². The maximum atomic E-state index is 5.22. The summed E-state index contributed by atoms with van der Waals surface area (Å²) in [5.74, 6) is 0. The molecule has 0 spiro atoms. The van der Waals surface area contributed by atoms with Gasteiger partial charge in [-0.2, -0.15) is 0 Å². The van der Waals surface area contributed by atoms with Crippen molar-refractivity contribution >= 4 is 16.5 Å². The molecule has 1 aromatic carbocycles. The van der Waals surface area contributed by atoms with Crippen LogP contribution < -0.4 is 10.2 Å². The van der Waals surface area contributed by atoms with Gasteiger partial charge in [0.2, 0.25) is 0 Å². The highest BCUT2D eigenvalue weighted by molar-refractivity contribution is 7.15. The molecule has 0 aliphatic rings. The minimum Gasteiger partial charge on any atom is -0.378 e. The van der Waals surface area contributed by atoms with Crippen molar-refractivity contribution in [3.8, 4) is 0 Å². The van der Waals surface area contributed by atoms with E-state index in [1.807, 2.05) is 13.1 Å². The van der Waals surface area contributed by atoms with Crippen molar-refractivity contribution in [1.29, 1.82) is 0 Å². The third-order valence-electron chi connectivity index (χ3n) is 2.97. The molecule has 2 aromatic rings. The van der Waals surface area contributed by atoms with E-state index in [1.165, 1.54) is 10.4 Å². The van der Waals surface area contributed by atoms with Crippen LogP contribution >= 0.6 is 11.3 Å². The van der Waals surface area contributed by atoms with Gasteiger partial charge in [0.15, 0.2) is 5.13 Å². The summed E-state index contributed by atoms with van der Waals surface area (Å²) in [7, 11) is 5.73. The Labute approximate surface area is 124 Å². The van der Waals surface area contributed by atoms with Gasteiger partial charge in [-0.25, -0.2) is 4.98 Å². The van der Waals surface area contributed by atoms with Gasteiger partial charge in [0.25, 0.3) is 0 Å². The van der Waals surface area contributed by atoms with Crippen LogP contribution in [0.15, 0.2) is 30.3 Å². The van der Waals surface area contributed by atoms with Crippen molar-refractivity contribution in [2.24, 2.45) is 0 Å². The van der Waals surface area contributed by atoms with Gasteiger partial charge in [0.1, 0.15) is 0 Å². The molecule has 0 saturated heterocycles. The molecule has 1 N–H and O–H groups in total. The molecule has 108 valence electrons. The van der Waals surface area contributed by atoms with Crippen LogP contribution in [0.1, 0.15) is 16.1 Å². The number of aromatic nitrogens is 1. The number of hydrogen-bond donors (Lipinski definition) is 1. The van der Waals surface area contributed by atoms with Crippen molar-refractivity contribution in [3.05, 3.63) is 46.5 Å². The normalized spacial score (nSPS) is 10.8. The molecule has 1 heterocycles. The largest absolute Gasteiger partial charge is 0.378 e. The fourth-order valence-corrected chi connectivity index (χ4v) is 3.04. The Hall–Kier alpha value is -1.43. The van der Waals surface area contributed by atoms with Gasteiger partial charge in [0, 0.05) is 32.1 Å². The summed E-state index contributed by atoms with van der Waals surface area (Å²) in [5, 5.41) is 4.21. The molecule has 0 atom stereocenters. The quantitative estimate of drug-likeness (QED) is 0.851. The molecule has 20 heavy (non-hydrogen) atoms. The van der Waals surface area contributed by atoms with E-state index in [0.29, 0.717) is 6.61 Å². The Morgan fingerprint density at radius 3 is 2.70 bits per heavy atom. The first-order valence-corrected chi connectivity index (χ1v) is 7.43. The monoisotopic (exact) mass is 291 g/mol. The average molecular weight is 291 g/mol. The SMILES string of the molecule is CNCc1sc(N(C)Cc2ccccc2)nc1COC. The third-order valence-corrected chi connectivity index (χ3v) is 4.19. The minimum absolute atomic E-state index is 0.562. The second kappa shape index (κ2) is 7.38. The van der Waals surface area contributed by atoms with Gasteiger partial charge in [-0.3, -0.25) is 0 Å². The van der Waals surface area contributed by atoms with Crippen molar-refractivity contribution in [2.45, 2.75) is 19.7 Å². The standard InChI is InChI=1S/C15H21N3OS/c1-16-9-14-13(11-19-3)17-15(20-14)18(2)10-12-7-5-4-6-8-12/h4-8,16H,9-11H2,1-3H3. The Morgan fingerprint density at radius 1 is 1.30 bits per heavy atom. The summed E-state index contributed by atoms with van der Waals surface area (Å²) < 4.78 is 5.22. The van der Waals surface area contributed by atoms with Crippen LogP contribution in [-0.2, 0) is 24.4 Å². The number of ether oxygens (including phenoxy) is 1. The smallest absolute Gasteiger partial charge is 0.185 e. The highest BCUT2D eigenvalue weighted by Crippen LogP contribution is 2.27. The predicted octanol–water partition coefficient (Wildman–Crippen LogP) is 2.65. The number of anilines is 1. The van der Waals surface area contributed by atoms with E-state index < -0.39 is 0 Å². The predicted molar refractivity (Wildman–Crippen MR) is 84.1 cm³/mol. The van der Waals surface area contributed by atoms with Gasteiger partial charge in [-0.15, -0.1) is 11.3 Å². The first-order valence-electron chi connectivity index (χ1n) is 6.61. The van der Waals surface area contributed by atoms with E-state index >= 15 is 0 Å². The number of hydrogen-bond acceptors (Lipinski definition) is 5. The van der Waals surface area contributed by atoms with Gasteiger partial charge in [0.05, 0.1) is 12.3 Å². The summed E-state index contributed by atoms with van der Waals surface area (Å²) >= 11 is 1.72. The maximum Gasteiger partial charge on any atom is 0.185 e. The fourth-order valence-electron chi connectivity index (χ4n) is 2.01. The zero-order valence-corrected chi connectivity index (χ0v) is 13.0. The Morgan fingerprint density at radius 2 is 2.05 bits per heavy atom. The van der Waals surface area contributed by atoms with Gasteiger partial charge in [-0.1, -0.05) is 30.3 Å². The molecule has 0 bridgehead atoms. The molecule has 5 heteroatoms. The minimum atomic E-state index is 0.562. The van der Waals surface area contributed by atoms with E-state index in [1.54, 1.807) is 18.4 Å². The van der Waals surface area contributed by atoms with E-state index in [4.69, 9.17) is 9.72 Å². The summed E-state index contributed by atoms with van der Waals surface area (Å²) in [6, 6.07) is 10.4. The zero-order chi connectivity index (χ0) is 14.4. The Balaban J connectivity index is 2.13. The van der Waals surface area contributed by atoms with Crippen LogP contribution in [0.2, 0.25) is 0 Å². The first kappa shape index (κ1) is 15.0. The molecule has 0 aliphatic carbocycles. The molecule has 4 nitrogen and oxygen atoms in total. The lowest BCUT2D eigenvalue weighted by Crippen LogP contribution is -2.16. The van der Waals surface area contributed by atoms with Crippen LogP contribution in [0.4, 0.5) is 5.13 Å². The molecule has 0 unspecified atom stereocenters. The van der Waals surface area contributed by atoms with Gasteiger partial charge >= 0.3 is 0 Å². The summed E-state index contributed by atoms with van der Waals surface area (Å²) in [6.07, 6.45) is 0. The molecule has 0 aliphatic heterocycles. The topological polar surface area (TPSA) is 37.4 Å². The van der Waals surface area contributed by atoms with Crippen LogP contribution in [0, 0.1) is 0 Å². The fraction of sp³-hybridized carbons (Fsp3) is 0.400. The van der Waals surface area contributed by atoms with E-state index in [9.17, 15) is 0 Å². The molecular formula is C15H21N3OS. The number of benzene rings is 1. The lowest BCUT2D eigenvalue weighted by atomic mass is 10.2. The lowest BCUT2D eigenvalue weighted by molar-refractivity contribution is 0.181. The molecule has 2 rings (SSSR count). The molecule has 0 radical (unpaired) electrons. The van der Waals surface area contributed by atoms with Crippen molar-refractivity contribution in [2.75, 3.05) is 26.1 Å². The van der Waals surface area contributed by atoms with Crippen LogP contribution in [0.3, 0.4) is 0 Å². The number of nitrogens with one attached hydrogen (secondary N) is 1. The average Bonchev–Trinajstić information content (AvgIpc) is 2.84. The van der Waals surface area contributed by atoms with Gasteiger partial charge < -0.3 is 15.0 Å². The number of nitrogens with zero attached hydrogens (tertiary/aromatic N) is 2. The highest BCUT2D eigenvalue weighted by atomic mass is 32.1. The third kappa shape index (κ3) is 3.79. The molecule has 0 fully saturated rings. The van der Waals surface area contributed by atoms with Crippen molar-refractivity contribution < 1.29 is 4.74 Å². The van der Waals surface area contributed by atoms with E-state index in [2.05, 4.69) is 41.5 Å². The number of methoxy groups -OCH3 is 1. The zero-order valence-electron chi connectivity index (χ0n) is 12.2. The Kier molecular flexibility index (Phi) is 5.52. The van der Waals surface area contributed by atoms with Crippen LogP contribution in [0.5, 0.6) is 0 Å².